The molecule has 5 rings (SSSR count). The van der Waals surface area contributed by atoms with Gasteiger partial charge in [-0.15, -0.1) is 0 Å². The second-order valence-electron chi connectivity index (χ2n) is 8.41. The molecule has 3 aromatic rings. The summed E-state index contributed by atoms with van der Waals surface area (Å²) >= 11 is 6.24. The third-order valence-corrected chi connectivity index (χ3v) is 6.49. The Hall–Kier alpha value is -2.50. The van der Waals surface area contributed by atoms with Gasteiger partial charge in [0.05, 0.1) is 24.6 Å². The minimum Gasteiger partial charge on any atom is -0.378 e. The molecule has 2 heterocycles. The first-order valence-corrected chi connectivity index (χ1v) is 11.0. The third kappa shape index (κ3) is 3.68. The fraction of sp³-hybridized carbons (Fsp3) is 0.375. The highest BCUT2D eigenvalue weighted by Crippen LogP contribution is 2.33. The van der Waals surface area contributed by atoms with Crippen LogP contribution in [0.4, 0.5) is 11.4 Å². The summed E-state index contributed by atoms with van der Waals surface area (Å²) in [4.78, 5) is 18.9. The predicted molar refractivity (Wildman–Crippen MR) is 122 cm³/mol. The second kappa shape index (κ2) is 7.97. The monoisotopic (exact) mass is 423 g/mol. The van der Waals surface area contributed by atoms with Gasteiger partial charge in [0, 0.05) is 40.3 Å². The number of hydrogen-bond acceptors (Lipinski definition) is 3. The van der Waals surface area contributed by atoms with Crippen molar-refractivity contribution < 1.29 is 9.53 Å². The van der Waals surface area contributed by atoms with Crippen LogP contribution in [-0.2, 0) is 17.6 Å². The molecule has 2 aliphatic rings. The lowest BCUT2D eigenvalue weighted by Crippen LogP contribution is -2.36. The highest BCUT2D eigenvalue weighted by atomic mass is 35.5. The standard InChI is InChI=1S/C24H26ClN3O2/c1-15-2-5-20-18(12-15)19-13-16(3-6-21(19)26-20)24(29)27-22-14-17(25)4-7-23(22)28-8-10-30-11-9-28/h3-4,6-7,13-15,26H,2,5,8-12H2,1H3,(H,27,29)/t15-/m1/s1. The Morgan fingerprint density at radius 1 is 1.20 bits per heavy atom. The summed E-state index contributed by atoms with van der Waals surface area (Å²) in [5.74, 6) is 0.559. The summed E-state index contributed by atoms with van der Waals surface area (Å²) in [5.41, 5.74) is 6.18. The van der Waals surface area contributed by atoms with Crippen LogP contribution in [0.25, 0.3) is 10.9 Å². The maximum absolute atomic E-state index is 13.2. The number of halogens is 1. The molecule has 2 N–H and O–H groups in total. The lowest BCUT2D eigenvalue weighted by atomic mass is 9.87. The molecule has 156 valence electrons. The summed E-state index contributed by atoms with van der Waals surface area (Å²) in [6.07, 6.45) is 3.36. The summed E-state index contributed by atoms with van der Waals surface area (Å²) in [6.45, 7) is 5.26. The lowest BCUT2D eigenvalue weighted by Gasteiger charge is -2.30. The molecular formula is C24H26ClN3O2. The second-order valence-corrected chi connectivity index (χ2v) is 8.84. The Balaban J connectivity index is 1.45. The van der Waals surface area contributed by atoms with Crippen molar-refractivity contribution in [2.45, 2.75) is 26.2 Å². The largest absolute Gasteiger partial charge is 0.378 e. The minimum absolute atomic E-state index is 0.118. The van der Waals surface area contributed by atoms with E-state index in [0.29, 0.717) is 29.7 Å². The SMILES string of the molecule is C[C@@H]1CCc2[nH]c3ccc(C(=O)Nc4cc(Cl)ccc4N4CCOCC4)cc3c2C1. The third-order valence-electron chi connectivity index (χ3n) is 6.26. The van der Waals surface area contributed by atoms with Crippen molar-refractivity contribution in [3.63, 3.8) is 0 Å². The molecule has 0 bridgehead atoms. The number of amides is 1. The van der Waals surface area contributed by atoms with Crippen molar-refractivity contribution in [2.75, 3.05) is 36.5 Å². The van der Waals surface area contributed by atoms with Crippen LogP contribution in [0.15, 0.2) is 36.4 Å². The number of ether oxygens (including phenoxy) is 1. The number of H-pyrrole nitrogens is 1. The predicted octanol–water partition coefficient (Wildman–Crippen LogP) is 5.04. The van der Waals surface area contributed by atoms with Crippen LogP contribution in [0.5, 0.6) is 0 Å². The van der Waals surface area contributed by atoms with E-state index in [2.05, 4.69) is 22.1 Å². The Bertz CT molecular complexity index is 1100. The van der Waals surface area contributed by atoms with Gasteiger partial charge < -0.3 is 19.9 Å². The number of anilines is 2. The zero-order chi connectivity index (χ0) is 20.7. The average Bonchev–Trinajstić information content (AvgIpc) is 3.11. The van der Waals surface area contributed by atoms with Gasteiger partial charge in [0.1, 0.15) is 0 Å². The quantitative estimate of drug-likeness (QED) is 0.620. The number of carbonyl (C=O) groups is 1. The van der Waals surface area contributed by atoms with Gasteiger partial charge in [-0.1, -0.05) is 18.5 Å². The number of carbonyl (C=O) groups excluding carboxylic acids is 1. The minimum atomic E-state index is -0.118. The fourth-order valence-electron chi connectivity index (χ4n) is 4.62. The molecule has 6 heteroatoms. The van der Waals surface area contributed by atoms with Gasteiger partial charge in [-0.2, -0.15) is 0 Å². The van der Waals surface area contributed by atoms with Crippen LogP contribution < -0.4 is 10.2 Å². The number of nitrogens with zero attached hydrogens (tertiary/aromatic N) is 1. The molecule has 30 heavy (non-hydrogen) atoms. The van der Waals surface area contributed by atoms with Crippen LogP contribution in [0.2, 0.25) is 5.02 Å². The Morgan fingerprint density at radius 3 is 2.87 bits per heavy atom. The van der Waals surface area contributed by atoms with E-state index in [1.54, 1.807) is 0 Å². The fourth-order valence-corrected chi connectivity index (χ4v) is 4.79. The summed E-state index contributed by atoms with van der Waals surface area (Å²) < 4.78 is 5.46. The van der Waals surface area contributed by atoms with Crippen LogP contribution in [0.1, 0.15) is 35.0 Å². The first kappa shape index (κ1) is 19.5. The normalized spacial score (nSPS) is 19.0. The number of hydrogen-bond donors (Lipinski definition) is 2. The molecule has 1 fully saturated rings. The van der Waals surface area contributed by atoms with E-state index in [1.165, 1.54) is 23.1 Å². The number of benzene rings is 2. The Kier molecular flexibility index (Phi) is 5.17. The maximum Gasteiger partial charge on any atom is 0.255 e. The van der Waals surface area contributed by atoms with Crippen molar-refractivity contribution in [1.29, 1.82) is 0 Å². The molecule has 5 nitrogen and oxygen atoms in total. The molecule has 0 radical (unpaired) electrons. The summed E-state index contributed by atoms with van der Waals surface area (Å²) in [6, 6.07) is 11.6. The smallest absolute Gasteiger partial charge is 0.255 e. The van der Waals surface area contributed by atoms with E-state index in [1.807, 2.05) is 36.4 Å². The van der Waals surface area contributed by atoms with E-state index in [4.69, 9.17) is 16.3 Å². The van der Waals surface area contributed by atoms with Crippen molar-refractivity contribution >= 4 is 39.8 Å². The van der Waals surface area contributed by atoms with Crippen molar-refractivity contribution in [3.05, 3.63) is 58.2 Å². The van der Waals surface area contributed by atoms with Crippen LogP contribution >= 0.6 is 11.6 Å². The molecule has 1 aliphatic heterocycles. The summed E-state index contributed by atoms with van der Waals surface area (Å²) in [7, 11) is 0. The van der Waals surface area contributed by atoms with Crippen LogP contribution in [0.3, 0.4) is 0 Å². The summed E-state index contributed by atoms with van der Waals surface area (Å²) in [5, 5.41) is 4.87. The molecule has 1 aromatic heterocycles. The van der Waals surface area contributed by atoms with Crippen molar-refractivity contribution in [3.8, 4) is 0 Å². The van der Waals surface area contributed by atoms with Gasteiger partial charge in [0.2, 0.25) is 0 Å². The van der Waals surface area contributed by atoms with E-state index in [0.717, 1.165) is 42.8 Å². The number of morpholine rings is 1. The first-order valence-electron chi connectivity index (χ1n) is 10.7. The van der Waals surface area contributed by atoms with Gasteiger partial charge in [0.25, 0.3) is 5.91 Å². The molecule has 2 aromatic carbocycles. The van der Waals surface area contributed by atoms with Crippen LogP contribution in [-0.4, -0.2) is 37.2 Å². The zero-order valence-corrected chi connectivity index (χ0v) is 17.9. The van der Waals surface area contributed by atoms with Gasteiger partial charge in [-0.3, -0.25) is 4.79 Å². The lowest BCUT2D eigenvalue weighted by molar-refractivity contribution is 0.102. The van der Waals surface area contributed by atoms with Gasteiger partial charge in [0.15, 0.2) is 0 Å². The average molecular weight is 424 g/mol. The molecule has 0 spiro atoms. The van der Waals surface area contributed by atoms with Gasteiger partial charge in [-0.25, -0.2) is 0 Å². The number of fused-ring (bicyclic) bond motifs is 3. The van der Waals surface area contributed by atoms with E-state index in [-0.39, 0.29) is 5.91 Å². The Labute approximate surface area is 181 Å². The van der Waals surface area contributed by atoms with E-state index in [9.17, 15) is 4.79 Å². The zero-order valence-electron chi connectivity index (χ0n) is 17.1. The highest BCUT2D eigenvalue weighted by molar-refractivity contribution is 6.31. The molecule has 1 saturated heterocycles. The number of aromatic nitrogens is 1. The molecule has 1 atom stereocenters. The van der Waals surface area contributed by atoms with Gasteiger partial charge >= 0.3 is 0 Å². The molecule has 1 aliphatic carbocycles. The Morgan fingerprint density at radius 2 is 2.03 bits per heavy atom. The number of rotatable bonds is 3. The van der Waals surface area contributed by atoms with E-state index >= 15 is 0 Å². The number of aryl methyl sites for hydroxylation is 1. The topological polar surface area (TPSA) is 57.4 Å². The van der Waals surface area contributed by atoms with Gasteiger partial charge in [-0.05, 0) is 67.1 Å². The molecule has 0 saturated carbocycles. The van der Waals surface area contributed by atoms with Crippen molar-refractivity contribution in [1.82, 2.24) is 4.98 Å². The van der Waals surface area contributed by atoms with E-state index < -0.39 is 0 Å². The maximum atomic E-state index is 13.2. The highest BCUT2D eigenvalue weighted by Gasteiger charge is 2.21. The number of aromatic amines is 1. The number of nitrogens with one attached hydrogen (secondary N) is 2. The molecule has 1 amide bonds. The molecule has 0 unspecified atom stereocenters. The first-order chi connectivity index (χ1) is 14.6. The van der Waals surface area contributed by atoms with Crippen LogP contribution in [0, 0.1) is 5.92 Å². The van der Waals surface area contributed by atoms with Crippen molar-refractivity contribution in [2.24, 2.45) is 5.92 Å². The molecular weight excluding hydrogens is 398 g/mol.